The zero-order chi connectivity index (χ0) is 15.7. The summed E-state index contributed by atoms with van der Waals surface area (Å²) in [6, 6.07) is 18.2. The molecule has 0 aliphatic heterocycles. The second-order valence-electron chi connectivity index (χ2n) is 5.33. The molecular weight excluding hydrogens is 279 g/mol. The molecule has 0 amide bonds. The van der Waals surface area contributed by atoms with Crippen molar-refractivity contribution in [3.8, 4) is 11.1 Å². The molecule has 22 heavy (non-hydrogen) atoms. The van der Waals surface area contributed by atoms with Gasteiger partial charge >= 0.3 is 5.97 Å². The van der Waals surface area contributed by atoms with E-state index in [1.54, 1.807) is 19.1 Å². The van der Waals surface area contributed by atoms with Crippen molar-refractivity contribution in [1.29, 1.82) is 0 Å². The van der Waals surface area contributed by atoms with Crippen LogP contribution in [-0.4, -0.2) is 11.1 Å². The first-order chi connectivity index (χ1) is 10.6. The fourth-order valence-electron chi connectivity index (χ4n) is 2.62. The lowest BCUT2D eigenvalue weighted by Crippen LogP contribution is -2.07. The smallest absolute Gasteiger partial charge is 0.310 e. The summed E-state index contributed by atoms with van der Waals surface area (Å²) in [6.45, 7) is 1.55. The second-order valence-corrected chi connectivity index (χ2v) is 5.33. The number of halogens is 1. The Morgan fingerprint density at radius 1 is 1.00 bits per heavy atom. The second kappa shape index (κ2) is 5.60. The Morgan fingerprint density at radius 2 is 1.73 bits per heavy atom. The number of hydrogen-bond donors (Lipinski definition) is 1. The van der Waals surface area contributed by atoms with Gasteiger partial charge in [-0.05, 0) is 34.9 Å². The molecule has 0 radical (unpaired) electrons. The van der Waals surface area contributed by atoms with E-state index in [1.165, 1.54) is 6.07 Å². The van der Waals surface area contributed by atoms with Crippen LogP contribution in [0.25, 0.3) is 21.9 Å². The van der Waals surface area contributed by atoms with Crippen LogP contribution in [-0.2, 0) is 4.79 Å². The maximum absolute atomic E-state index is 14.5. The van der Waals surface area contributed by atoms with E-state index < -0.39 is 17.7 Å². The molecule has 0 spiro atoms. The number of benzene rings is 3. The third-order valence-electron chi connectivity index (χ3n) is 3.94. The Bertz CT molecular complexity index is 850. The minimum absolute atomic E-state index is 0.401. The molecule has 0 bridgehead atoms. The normalized spacial score (nSPS) is 12.3. The van der Waals surface area contributed by atoms with Crippen LogP contribution in [0.5, 0.6) is 0 Å². The minimum Gasteiger partial charge on any atom is -0.481 e. The highest BCUT2D eigenvalue weighted by Gasteiger charge is 2.16. The fourth-order valence-corrected chi connectivity index (χ4v) is 2.62. The first-order valence-corrected chi connectivity index (χ1v) is 7.08. The van der Waals surface area contributed by atoms with Gasteiger partial charge in [0.05, 0.1) is 5.92 Å². The van der Waals surface area contributed by atoms with Gasteiger partial charge in [0.2, 0.25) is 0 Å². The van der Waals surface area contributed by atoms with Crippen LogP contribution in [0.15, 0.2) is 60.7 Å². The molecule has 0 heterocycles. The Labute approximate surface area is 127 Å². The van der Waals surface area contributed by atoms with Gasteiger partial charge in [0, 0.05) is 5.56 Å². The van der Waals surface area contributed by atoms with E-state index in [4.69, 9.17) is 5.11 Å². The van der Waals surface area contributed by atoms with Crippen molar-refractivity contribution < 1.29 is 14.3 Å². The summed E-state index contributed by atoms with van der Waals surface area (Å²) in [5.74, 6) is -2.09. The average molecular weight is 294 g/mol. The highest BCUT2D eigenvalue weighted by molar-refractivity contribution is 5.96. The van der Waals surface area contributed by atoms with Gasteiger partial charge in [0.1, 0.15) is 5.82 Å². The van der Waals surface area contributed by atoms with Gasteiger partial charge in [-0.15, -0.1) is 0 Å². The maximum atomic E-state index is 14.5. The van der Waals surface area contributed by atoms with Gasteiger partial charge < -0.3 is 5.11 Å². The molecule has 3 rings (SSSR count). The molecule has 1 unspecified atom stereocenters. The fraction of sp³-hybridized carbons (Fsp3) is 0.105. The molecule has 0 saturated heterocycles. The summed E-state index contributed by atoms with van der Waals surface area (Å²) in [6.07, 6.45) is 0. The standard InChI is InChI=1S/C19H15FO2/c1-12(19(21)22)14-9-10-17(18(20)11-14)16-8-4-6-13-5-2-3-7-15(13)16/h2-12H,1H3,(H,21,22). The Balaban J connectivity index is 2.14. The molecule has 1 N–H and O–H groups in total. The van der Waals surface area contributed by atoms with Crippen molar-refractivity contribution in [1.82, 2.24) is 0 Å². The van der Waals surface area contributed by atoms with E-state index in [1.807, 2.05) is 42.5 Å². The summed E-state index contributed by atoms with van der Waals surface area (Å²) >= 11 is 0. The van der Waals surface area contributed by atoms with E-state index in [2.05, 4.69) is 0 Å². The van der Waals surface area contributed by atoms with Gasteiger partial charge in [-0.25, -0.2) is 4.39 Å². The first kappa shape index (κ1) is 14.3. The van der Waals surface area contributed by atoms with Crippen molar-refractivity contribution in [3.63, 3.8) is 0 Å². The SMILES string of the molecule is CC(C(=O)O)c1ccc(-c2cccc3ccccc23)c(F)c1. The molecular formula is C19H15FO2. The van der Waals surface area contributed by atoms with Gasteiger partial charge in [0.15, 0.2) is 0 Å². The Hall–Kier alpha value is -2.68. The van der Waals surface area contributed by atoms with Gasteiger partial charge in [0.25, 0.3) is 0 Å². The lowest BCUT2D eigenvalue weighted by atomic mass is 9.94. The molecule has 2 nitrogen and oxygen atoms in total. The van der Waals surface area contributed by atoms with Crippen molar-refractivity contribution in [2.24, 2.45) is 0 Å². The topological polar surface area (TPSA) is 37.3 Å². The highest BCUT2D eigenvalue weighted by atomic mass is 19.1. The first-order valence-electron chi connectivity index (χ1n) is 7.08. The summed E-state index contributed by atoms with van der Waals surface area (Å²) in [7, 11) is 0. The van der Waals surface area contributed by atoms with Gasteiger partial charge in [-0.3, -0.25) is 4.79 Å². The molecule has 3 aromatic rings. The number of rotatable bonds is 3. The summed E-state index contributed by atoms with van der Waals surface area (Å²) in [5, 5.41) is 11.1. The van der Waals surface area contributed by atoms with E-state index in [0.717, 1.165) is 16.3 Å². The third-order valence-corrected chi connectivity index (χ3v) is 3.94. The molecule has 3 aromatic carbocycles. The number of hydrogen-bond acceptors (Lipinski definition) is 1. The predicted molar refractivity (Wildman–Crippen MR) is 85.4 cm³/mol. The van der Waals surface area contributed by atoms with Crippen LogP contribution < -0.4 is 0 Å². The molecule has 110 valence electrons. The number of carbonyl (C=O) groups is 1. The van der Waals surface area contributed by atoms with E-state index in [-0.39, 0.29) is 0 Å². The quantitative estimate of drug-likeness (QED) is 0.751. The number of carboxylic acid groups (broad SMARTS) is 1. The Morgan fingerprint density at radius 3 is 2.45 bits per heavy atom. The molecule has 3 heteroatoms. The summed E-state index contributed by atoms with van der Waals surface area (Å²) < 4.78 is 14.5. The molecule has 0 saturated carbocycles. The van der Waals surface area contributed by atoms with Crippen LogP contribution in [0.1, 0.15) is 18.4 Å². The van der Waals surface area contributed by atoms with E-state index in [0.29, 0.717) is 11.1 Å². The molecule has 0 aromatic heterocycles. The van der Waals surface area contributed by atoms with E-state index in [9.17, 15) is 9.18 Å². The highest BCUT2D eigenvalue weighted by Crippen LogP contribution is 2.31. The number of carboxylic acids is 1. The molecule has 0 fully saturated rings. The third kappa shape index (κ3) is 2.46. The van der Waals surface area contributed by atoms with Gasteiger partial charge in [-0.2, -0.15) is 0 Å². The number of fused-ring (bicyclic) bond motifs is 1. The lowest BCUT2D eigenvalue weighted by molar-refractivity contribution is -0.138. The Kier molecular flexibility index (Phi) is 3.63. The average Bonchev–Trinajstić information content (AvgIpc) is 2.53. The number of aliphatic carboxylic acids is 1. The zero-order valence-corrected chi connectivity index (χ0v) is 12.1. The van der Waals surface area contributed by atoms with Crippen LogP contribution >= 0.6 is 0 Å². The minimum atomic E-state index is -0.961. The van der Waals surface area contributed by atoms with Crippen molar-refractivity contribution >= 4 is 16.7 Å². The summed E-state index contributed by atoms with van der Waals surface area (Å²) in [5.41, 5.74) is 1.76. The predicted octanol–water partition coefficient (Wildman–Crippen LogP) is 4.83. The molecule has 0 aliphatic carbocycles. The van der Waals surface area contributed by atoms with E-state index >= 15 is 0 Å². The lowest BCUT2D eigenvalue weighted by Gasteiger charge is -2.11. The van der Waals surface area contributed by atoms with Crippen LogP contribution in [0.4, 0.5) is 4.39 Å². The zero-order valence-electron chi connectivity index (χ0n) is 12.1. The monoisotopic (exact) mass is 294 g/mol. The van der Waals surface area contributed by atoms with Crippen LogP contribution in [0.2, 0.25) is 0 Å². The molecule has 0 aliphatic rings. The molecule has 1 atom stereocenters. The van der Waals surface area contributed by atoms with Gasteiger partial charge in [-0.1, -0.05) is 54.6 Å². The van der Waals surface area contributed by atoms with Crippen molar-refractivity contribution in [2.75, 3.05) is 0 Å². The summed E-state index contributed by atoms with van der Waals surface area (Å²) in [4.78, 5) is 11.0. The van der Waals surface area contributed by atoms with Crippen LogP contribution in [0, 0.1) is 5.82 Å². The largest absolute Gasteiger partial charge is 0.481 e. The van der Waals surface area contributed by atoms with Crippen molar-refractivity contribution in [2.45, 2.75) is 12.8 Å². The maximum Gasteiger partial charge on any atom is 0.310 e. The van der Waals surface area contributed by atoms with Crippen molar-refractivity contribution in [3.05, 3.63) is 72.0 Å². The van der Waals surface area contributed by atoms with Crippen LogP contribution in [0.3, 0.4) is 0 Å².